The third-order valence-electron chi connectivity index (χ3n) is 3.83. The van der Waals surface area contributed by atoms with E-state index in [-0.39, 0.29) is 12.4 Å². The van der Waals surface area contributed by atoms with Crippen LogP contribution < -0.4 is 22.4 Å². The summed E-state index contributed by atoms with van der Waals surface area (Å²) in [6, 6.07) is 23.4. The minimum atomic E-state index is 0. The summed E-state index contributed by atoms with van der Waals surface area (Å²) in [5.74, 6) is 0. The maximum atomic E-state index is 6.47. The first kappa shape index (κ1) is 21.1. The highest BCUT2D eigenvalue weighted by atomic mass is 79.9. The molecule has 142 valence electrons. The van der Waals surface area contributed by atoms with Crippen LogP contribution in [0.15, 0.2) is 77.3 Å². The van der Waals surface area contributed by atoms with E-state index >= 15 is 0 Å². The molecule has 0 aliphatic carbocycles. The van der Waals surface area contributed by atoms with Crippen molar-refractivity contribution in [3.63, 3.8) is 0 Å². The quantitative estimate of drug-likeness (QED) is 0.420. The number of para-hydroxylation sites is 1. The van der Waals surface area contributed by atoms with Gasteiger partial charge in [-0.15, -0.1) is 0 Å². The van der Waals surface area contributed by atoms with Crippen LogP contribution in [0.2, 0.25) is 10.0 Å². The third-order valence-corrected chi connectivity index (χ3v) is 5.87. The number of anilines is 2. The number of nitrogens with zero attached hydrogens (tertiary/aromatic N) is 2. The van der Waals surface area contributed by atoms with Crippen molar-refractivity contribution in [1.82, 2.24) is 5.10 Å². The fourth-order valence-electron chi connectivity index (χ4n) is 2.57. The van der Waals surface area contributed by atoms with Gasteiger partial charge in [0, 0.05) is 32.4 Å². The van der Waals surface area contributed by atoms with Gasteiger partial charge >= 0.3 is 5.01 Å². The van der Waals surface area contributed by atoms with Gasteiger partial charge in [0.2, 0.25) is 5.69 Å². The average molecular weight is 514 g/mol. The molecule has 0 fully saturated rings. The number of hydrogen-bond acceptors (Lipinski definition) is 3. The van der Waals surface area contributed by atoms with Crippen LogP contribution in [0.1, 0.15) is 0 Å². The lowest BCUT2D eigenvalue weighted by atomic mass is 10.2. The Hall–Kier alpha value is -1.63. The summed E-state index contributed by atoms with van der Waals surface area (Å²) < 4.78 is 2.92. The van der Waals surface area contributed by atoms with E-state index in [1.165, 1.54) is 11.3 Å². The largest absolute Gasteiger partial charge is 1.00 e. The molecule has 0 bridgehead atoms. The zero-order valence-corrected chi connectivity index (χ0v) is 18.9. The third kappa shape index (κ3) is 4.67. The molecular weight excluding hydrogens is 501 g/mol. The fourth-order valence-corrected chi connectivity index (χ4v) is 4.39. The van der Waals surface area contributed by atoms with Gasteiger partial charge in [-0.1, -0.05) is 57.3 Å². The molecule has 1 N–H and O–H groups in total. The second-order valence-corrected chi connectivity index (χ2v) is 8.45. The molecule has 1 aromatic heterocycles. The molecule has 0 amide bonds. The summed E-state index contributed by atoms with van der Waals surface area (Å²) in [6.07, 6.45) is 0. The molecule has 4 aromatic rings. The van der Waals surface area contributed by atoms with E-state index in [1.54, 1.807) is 6.07 Å². The monoisotopic (exact) mass is 511 g/mol. The molecule has 3 nitrogen and oxygen atoms in total. The van der Waals surface area contributed by atoms with E-state index in [0.717, 1.165) is 31.6 Å². The van der Waals surface area contributed by atoms with Crippen molar-refractivity contribution in [3.05, 3.63) is 87.3 Å². The van der Waals surface area contributed by atoms with Gasteiger partial charge in [-0.3, -0.25) is 0 Å². The predicted octanol–water partition coefficient (Wildman–Crippen LogP) is 3.90. The summed E-state index contributed by atoms with van der Waals surface area (Å²) in [7, 11) is 0. The summed E-state index contributed by atoms with van der Waals surface area (Å²) in [6.45, 7) is 0. The summed E-state index contributed by atoms with van der Waals surface area (Å²) in [5, 5.41) is 11.0. The molecule has 0 aliphatic heterocycles. The van der Waals surface area contributed by atoms with Crippen LogP contribution in [0, 0.1) is 0 Å². The zero-order valence-electron chi connectivity index (χ0n) is 14.2. The Kier molecular flexibility index (Phi) is 6.96. The first-order valence-electron chi connectivity index (χ1n) is 8.07. The summed E-state index contributed by atoms with van der Waals surface area (Å²) >= 11 is 17.5. The lowest BCUT2D eigenvalue weighted by Crippen LogP contribution is -3.00. The minimum Gasteiger partial charge on any atom is -1.00 e. The van der Waals surface area contributed by atoms with Crippen LogP contribution in [0.25, 0.3) is 16.3 Å². The van der Waals surface area contributed by atoms with Crippen molar-refractivity contribution in [2.75, 3.05) is 5.32 Å². The molecule has 0 radical (unpaired) electrons. The van der Waals surface area contributed by atoms with Crippen molar-refractivity contribution < 1.29 is 17.1 Å². The van der Waals surface area contributed by atoms with E-state index in [4.69, 9.17) is 28.3 Å². The minimum absolute atomic E-state index is 0. The summed E-state index contributed by atoms with van der Waals surface area (Å²) in [4.78, 5) is 0. The first-order chi connectivity index (χ1) is 13.1. The van der Waals surface area contributed by atoms with E-state index in [2.05, 4.69) is 21.2 Å². The molecule has 0 saturated heterocycles. The molecule has 0 unspecified atom stereocenters. The molecule has 3 aromatic carbocycles. The Morgan fingerprint density at radius 1 is 0.929 bits per heavy atom. The van der Waals surface area contributed by atoms with Crippen LogP contribution in [-0.4, -0.2) is 5.10 Å². The zero-order chi connectivity index (χ0) is 18.8. The van der Waals surface area contributed by atoms with Crippen LogP contribution in [-0.2, 0) is 0 Å². The van der Waals surface area contributed by atoms with Gasteiger partial charge in [0.25, 0.3) is 5.13 Å². The predicted molar refractivity (Wildman–Crippen MR) is 117 cm³/mol. The molecule has 0 saturated carbocycles. The molecule has 28 heavy (non-hydrogen) atoms. The van der Waals surface area contributed by atoms with Gasteiger partial charge in [0.1, 0.15) is 0 Å². The normalized spacial score (nSPS) is 10.4. The second-order valence-electron chi connectivity index (χ2n) is 5.72. The van der Waals surface area contributed by atoms with Crippen LogP contribution in [0.4, 0.5) is 10.8 Å². The highest BCUT2D eigenvalue weighted by Gasteiger charge is 2.26. The van der Waals surface area contributed by atoms with Crippen molar-refractivity contribution in [2.24, 2.45) is 0 Å². The SMILES string of the molecule is Clc1ccc(-c2sc(Nc3ccc(Br)cc3)n[n+]2-c2ccccc2)c(Cl)c1.[Cl-]. The molecule has 4 rings (SSSR count). The van der Waals surface area contributed by atoms with Gasteiger partial charge in [-0.25, -0.2) is 0 Å². The number of nitrogens with one attached hydrogen (secondary N) is 1. The number of aromatic nitrogens is 2. The highest BCUT2D eigenvalue weighted by molar-refractivity contribution is 9.10. The molecule has 0 spiro atoms. The van der Waals surface area contributed by atoms with E-state index in [9.17, 15) is 0 Å². The smallest absolute Gasteiger partial charge is 0.306 e. The maximum Gasteiger partial charge on any atom is 0.306 e. The van der Waals surface area contributed by atoms with Crippen LogP contribution in [0.3, 0.4) is 0 Å². The van der Waals surface area contributed by atoms with Crippen LogP contribution >= 0.6 is 50.5 Å². The maximum absolute atomic E-state index is 6.47. The standard InChI is InChI=1S/C20H13BrCl2N3S.ClH/c21-13-6-9-15(10-7-13)24-20-25-26(16-4-2-1-3-5-16)19(27-20)17-11-8-14(22)12-18(17)23;/h1-12H,(H,24,25);1H/q+1;/p-1. The van der Waals surface area contributed by atoms with Crippen LogP contribution in [0.5, 0.6) is 0 Å². The average Bonchev–Trinajstić information content (AvgIpc) is 3.08. The van der Waals surface area contributed by atoms with E-state index in [0.29, 0.717) is 10.0 Å². The number of halogens is 4. The van der Waals surface area contributed by atoms with Crippen molar-refractivity contribution in [2.45, 2.75) is 0 Å². The van der Waals surface area contributed by atoms with Gasteiger partial charge in [0.15, 0.2) is 0 Å². The number of rotatable bonds is 4. The Morgan fingerprint density at radius 3 is 2.32 bits per heavy atom. The molecule has 0 aliphatic rings. The van der Waals surface area contributed by atoms with Gasteiger partial charge in [0.05, 0.1) is 10.6 Å². The number of benzene rings is 3. The molecule has 8 heteroatoms. The summed E-state index contributed by atoms with van der Waals surface area (Å²) in [5.41, 5.74) is 2.80. The van der Waals surface area contributed by atoms with Crippen molar-refractivity contribution in [3.8, 4) is 16.3 Å². The lowest BCUT2D eigenvalue weighted by Gasteiger charge is -1.99. The number of hydrogen-bond donors (Lipinski definition) is 1. The lowest BCUT2D eigenvalue weighted by molar-refractivity contribution is -0.642. The molecule has 1 heterocycles. The van der Waals surface area contributed by atoms with Crippen molar-refractivity contribution >= 4 is 61.3 Å². The van der Waals surface area contributed by atoms with Gasteiger partial charge in [-0.2, -0.15) is 0 Å². The van der Waals surface area contributed by atoms with Gasteiger partial charge in [-0.05, 0) is 58.5 Å². The molecular formula is C20H13BrCl3N3S. The highest BCUT2D eigenvalue weighted by Crippen LogP contribution is 2.34. The second kappa shape index (κ2) is 9.25. The van der Waals surface area contributed by atoms with Crippen molar-refractivity contribution in [1.29, 1.82) is 0 Å². The van der Waals surface area contributed by atoms with E-state index in [1.807, 2.05) is 71.4 Å². The first-order valence-corrected chi connectivity index (χ1v) is 10.4. The van der Waals surface area contributed by atoms with Gasteiger partial charge < -0.3 is 17.7 Å². The molecule has 0 atom stereocenters. The topological polar surface area (TPSA) is 28.8 Å². The Labute approximate surface area is 191 Å². The Balaban J connectivity index is 0.00000225. The fraction of sp³-hybridized carbons (Fsp3) is 0. The van der Waals surface area contributed by atoms with E-state index < -0.39 is 0 Å². The Morgan fingerprint density at radius 2 is 1.64 bits per heavy atom. The Bertz CT molecular complexity index is 1090.